The third-order valence-corrected chi connectivity index (χ3v) is 5.72. The monoisotopic (exact) mass is 381 g/mol. The van der Waals surface area contributed by atoms with Crippen molar-refractivity contribution in [2.75, 3.05) is 26.2 Å². The van der Waals surface area contributed by atoms with Crippen LogP contribution in [0.25, 0.3) is 0 Å². The SMILES string of the molecule is CCC1CN(C(=O)C(NC(=O)c2cccs2)C(C)C)CCN1CC(C)O. The molecule has 0 aromatic carbocycles. The maximum Gasteiger partial charge on any atom is 0.262 e. The van der Waals surface area contributed by atoms with Crippen LogP contribution >= 0.6 is 11.3 Å². The quantitative estimate of drug-likeness (QED) is 0.755. The Morgan fingerprint density at radius 2 is 2.08 bits per heavy atom. The second-order valence-corrected chi connectivity index (χ2v) is 8.31. The molecule has 1 aliphatic rings. The summed E-state index contributed by atoms with van der Waals surface area (Å²) in [5, 5.41) is 14.4. The second-order valence-electron chi connectivity index (χ2n) is 7.36. The fourth-order valence-electron chi connectivity index (χ4n) is 3.39. The number of thiophene rings is 1. The van der Waals surface area contributed by atoms with Crippen LogP contribution in [0.4, 0.5) is 0 Å². The number of β-amino-alcohol motifs (C(OH)–C–C–N with tert-alkyl or cyclic N) is 1. The average molecular weight is 382 g/mol. The number of hydrogen-bond acceptors (Lipinski definition) is 5. The largest absolute Gasteiger partial charge is 0.392 e. The number of aliphatic hydroxyl groups excluding tert-OH is 1. The zero-order valence-electron chi connectivity index (χ0n) is 16.1. The molecule has 1 saturated heterocycles. The van der Waals surface area contributed by atoms with Crippen LogP contribution in [0, 0.1) is 5.92 Å². The maximum atomic E-state index is 13.1. The molecule has 1 aromatic heterocycles. The first-order valence-corrected chi connectivity index (χ1v) is 10.3. The molecule has 1 aromatic rings. The smallest absolute Gasteiger partial charge is 0.262 e. The lowest BCUT2D eigenvalue weighted by Crippen LogP contribution is -2.60. The van der Waals surface area contributed by atoms with Crippen molar-refractivity contribution in [2.45, 2.75) is 52.3 Å². The topological polar surface area (TPSA) is 72.9 Å². The standard InChI is InChI=1S/C19H31N3O3S/c1-5-15-12-22(9-8-21(15)11-14(4)23)19(25)17(13(2)3)20-18(24)16-7-6-10-26-16/h6-7,10,13-15,17,23H,5,8-9,11-12H2,1-4H3,(H,20,24). The first kappa shape index (κ1) is 20.9. The minimum atomic E-state index is -0.523. The van der Waals surface area contributed by atoms with Gasteiger partial charge in [-0.25, -0.2) is 0 Å². The summed E-state index contributed by atoms with van der Waals surface area (Å²) in [6.07, 6.45) is 0.546. The summed E-state index contributed by atoms with van der Waals surface area (Å²) >= 11 is 1.37. The summed E-state index contributed by atoms with van der Waals surface area (Å²) < 4.78 is 0. The first-order chi connectivity index (χ1) is 12.3. The van der Waals surface area contributed by atoms with Crippen LogP contribution in [-0.2, 0) is 4.79 Å². The van der Waals surface area contributed by atoms with Gasteiger partial charge in [0.2, 0.25) is 5.91 Å². The maximum absolute atomic E-state index is 13.1. The Labute approximate surface area is 160 Å². The van der Waals surface area contributed by atoms with E-state index in [9.17, 15) is 14.7 Å². The van der Waals surface area contributed by atoms with E-state index in [4.69, 9.17) is 0 Å². The molecule has 1 aliphatic heterocycles. The number of carbonyl (C=O) groups excluding carboxylic acids is 2. The Hall–Kier alpha value is -1.44. The van der Waals surface area contributed by atoms with E-state index in [0.717, 1.165) is 13.0 Å². The Kier molecular flexibility index (Phi) is 7.61. The van der Waals surface area contributed by atoms with Crippen LogP contribution in [-0.4, -0.2) is 71.1 Å². The molecule has 0 saturated carbocycles. The summed E-state index contributed by atoms with van der Waals surface area (Å²) in [7, 11) is 0. The van der Waals surface area contributed by atoms with E-state index in [2.05, 4.69) is 17.1 Å². The van der Waals surface area contributed by atoms with Crippen molar-refractivity contribution in [1.82, 2.24) is 15.1 Å². The minimum Gasteiger partial charge on any atom is -0.392 e. The number of piperazine rings is 1. The van der Waals surface area contributed by atoms with E-state index in [1.165, 1.54) is 11.3 Å². The second kappa shape index (κ2) is 9.48. The molecule has 7 heteroatoms. The highest BCUT2D eigenvalue weighted by Crippen LogP contribution is 2.17. The third-order valence-electron chi connectivity index (χ3n) is 4.85. The van der Waals surface area contributed by atoms with E-state index in [-0.39, 0.29) is 29.9 Å². The van der Waals surface area contributed by atoms with Gasteiger partial charge in [-0.1, -0.05) is 26.8 Å². The molecule has 26 heavy (non-hydrogen) atoms. The fourth-order valence-corrected chi connectivity index (χ4v) is 4.02. The van der Waals surface area contributed by atoms with Gasteiger partial charge >= 0.3 is 0 Å². The van der Waals surface area contributed by atoms with E-state index in [1.807, 2.05) is 30.2 Å². The normalized spacial score (nSPS) is 20.8. The fraction of sp³-hybridized carbons (Fsp3) is 0.684. The van der Waals surface area contributed by atoms with Crippen LogP contribution < -0.4 is 5.32 Å². The zero-order valence-corrected chi connectivity index (χ0v) is 17.0. The lowest BCUT2D eigenvalue weighted by molar-refractivity contribution is -0.137. The number of amides is 2. The third kappa shape index (κ3) is 5.28. The van der Waals surface area contributed by atoms with Gasteiger partial charge in [-0.05, 0) is 30.7 Å². The molecule has 0 aliphatic carbocycles. The molecule has 2 N–H and O–H groups in total. The summed E-state index contributed by atoms with van der Waals surface area (Å²) in [6, 6.07) is 3.32. The lowest BCUT2D eigenvalue weighted by Gasteiger charge is -2.43. The molecule has 0 radical (unpaired) electrons. The van der Waals surface area contributed by atoms with Crippen molar-refractivity contribution in [3.63, 3.8) is 0 Å². The predicted molar refractivity (Wildman–Crippen MR) is 104 cm³/mol. The van der Waals surface area contributed by atoms with Crippen molar-refractivity contribution < 1.29 is 14.7 Å². The first-order valence-electron chi connectivity index (χ1n) is 9.38. The number of carbonyl (C=O) groups is 2. The molecule has 146 valence electrons. The summed E-state index contributed by atoms with van der Waals surface area (Å²) in [5.41, 5.74) is 0. The number of aliphatic hydroxyl groups is 1. The van der Waals surface area contributed by atoms with Gasteiger partial charge in [-0.3, -0.25) is 14.5 Å². The van der Waals surface area contributed by atoms with Crippen molar-refractivity contribution in [1.29, 1.82) is 0 Å². The Bertz CT molecular complexity index is 589. The molecule has 3 atom stereocenters. The molecule has 1 fully saturated rings. The molecular weight excluding hydrogens is 350 g/mol. The molecule has 0 bridgehead atoms. The van der Waals surface area contributed by atoms with Crippen LogP contribution in [0.3, 0.4) is 0 Å². The minimum absolute atomic E-state index is 0.0138. The molecule has 2 rings (SSSR count). The molecule has 2 amide bonds. The molecule has 2 heterocycles. The van der Waals surface area contributed by atoms with Gasteiger partial charge in [0.05, 0.1) is 11.0 Å². The number of rotatable bonds is 7. The summed E-state index contributed by atoms with van der Waals surface area (Å²) in [5.74, 6) is -0.186. The molecule has 0 spiro atoms. The van der Waals surface area contributed by atoms with Gasteiger partial charge in [0.1, 0.15) is 6.04 Å². The van der Waals surface area contributed by atoms with Crippen LogP contribution in [0.1, 0.15) is 43.8 Å². The Morgan fingerprint density at radius 1 is 1.35 bits per heavy atom. The predicted octanol–water partition coefficient (Wildman–Crippen LogP) is 1.81. The van der Waals surface area contributed by atoms with Gasteiger partial charge in [-0.15, -0.1) is 11.3 Å². The number of hydrogen-bond donors (Lipinski definition) is 2. The van der Waals surface area contributed by atoms with E-state index < -0.39 is 6.04 Å². The molecule has 3 unspecified atom stereocenters. The summed E-state index contributed by atoms with van der Waals surface area (Å²) in [6.45, 7) is 10.4. The van der Waals surface area contributed by atoms with Crippen molar-refractivity contribution >= 4 is 23.2 Å². The van der Waals surface area contributed by atoms with Crippen molar-refractivity contribution in [3.8, 4) is 0 Å². The zero-order chi connectivity index (χ0) is 19.3. The molecule has 6 nitrogen and oxygen atoms in total. The number of nitrogens with zero attached hydrogens (tertiary/aromatic N) is 2. The average Bonchev–Trinajstić information content (AvgIpc) is 3.13. The van der Waals surface area contributed by atoms with Gasteiger partial charge in [0, 0.05) is 32.2 Å². The highest BCUT2D eigenvalue weighted by Gasteiger charge is 2.34. The van der Waals surface area contributed by atoms with Crippen LogP contribution in [0.15, 0.2) is 17.5 Å². The van der Waals surface area contributed by atoms with E-state index in [1.54, 1.807) is 13.0 Å². The highest BCUT2D eigenvalue weighted by atomic mass is 32.1. The van der Waals surface area contributed by atoms with Crippen LogP contribution in [0.5, 0.6) is 0 Å². The highest BCUT2D eigenvalue weighted by molar-refractivity contribution is 7.12. The van der Waals surface area contributed by atoms with Crippen LogP contribution in [0.2, 0.25) is 0 Å². The Morgan fingerprint density at radius 3 is 2.62 bits per heavy atom. The van der Waals surface area contributed by atoms with Crippen molar-refractivity contribution in [2.24, 2.45) is 5.92 Å². The van der Waals surface area contributed by atoms with Gasteiger partial charge in [0.15, 0.2) is 0 Å². The molecular formula is C19H31N3O3S. The van der Waals surface area contributed by atoms with Gasteiger partial charge in [0.25, 0.3) is 5.91 Å². The van der Waals surface area contributed by atoms with Gasteiger partial charge in [-0.2, -0.15) is 0 Å². The lowest BCUT2D eigenvalue weighted by atomic mass is 10.0. The Balaban J connectivity index is 2.03. The van der Waals surface area contributed by atoms with Crippen molar-refractivity contribution in [3.05, 3.63) is 22.4 Å². The van der Waals surface area contributed by atoms with Gasteiger partial charge < -0.3 is 15.3 Å². The number of nitrogens with one attached hydrogen (secondary N) is 1. The van der Waals surface area contributed by atoms with E-state index >= 15 is 0 Å². The summed E-state index contributed by atoms with van der Waals surface area (Å²) in [4.78, 5) is 30.2. The van der Waals surface area contributed by atoms with E-state index in [0.29, 0.717) is 24.5 Å².